The van der Waals surface area contributed by atoms with Crippen LogP contribution >= 0.6 is 0 Å². The van der Waals surface area contributed by atoms with Crippen LogP contribution in [0, 0.1) is 5.92 Å². The first-order valence-corrected chi connectivity index (χ1v) is 7.56. The van der Waals surface area contributed by atoms with Gasteiger partial charge in [0.15, 0.2) is 0 Å². The number of nitrogens with one attached hydrogen (secondary N) is 1. The van der Waals surface area contributed by atoms with Gasteiger partial charge in [0.25, 0.3) is 0 Å². The molecule has 0 spiro atoms. The van der Waals surface area contributed by atoms with Crippen molar-refractivity contribution in [3.63, 3.8) is 0 Å². The van der Waals surface area contributed by atoms with Gasteiger partial charge >= 0.3 is 0 Å². The van der Waals surface area contributed by atoms with Gasteiger partial charge in [-0.3, -0.25) is 9.59 Å². The van der Waals surface area contributed by atoms with Crippen LogP contribution < -0.4 is 11.1 Å². The minimum Gasteiger partial charge on any atom is -0.342 e. The van der Waals surface area contributed by atoms with E-state index in [1.807, 2.05) is 29.2 Å². The molecule has 1 atom stereocenters. The molecule has 1 aromatic carbocycles. The predicted molar refractivity (Wildman–Crippen MR) is 80.8 cm³/mol. The van der Waals surface area contributed by atoms with E-state index in [0.717, 1.165) is 37.2 Å². The third-order valence-corrected chi connectivity index (χ3v) is 4.56. The Morgan fingerprint density at radius 2 is 2.00 bits per heavy atom. The van der Waals surface area contributed by atoms with Crippen LogP contribution in [0.2, 0.25) is 0 Å². The summed E-state index contributed by atoms with van der Waals surface area (Å²) in [6, 6.07) is 7.58. The fourth-order valence-electron chi connectivity index (χ4n) is 3.24. The Morgan fingerprint density at radius 1 is 1.29 bits per heavy atom. The summed E-state index contributed by atoms with van der Waals surface area (Å²) in [5.41, 5.74) is 7.39. The molecule has 5 heteroatoms. The van der Waals surface area contributed by atoms with Crippen LogP contribution in [0.1, 0.15) is 30.7 Å². The van der Waals surface area contributed by atoms with Crippen LogP contribution in [0.4, 0.5) is 5.69 Å². The lowest BCUT2D eigenvalue weighted by atomic mass is 9.88. The Morgan fingerprint density at radius 3 is 2.71 bits per heavy atom. The number of fused-ring (bicyclic) bond motifs is 1. The van der Waals surface area contributed by atoms with Crippen molar-refractivity contribution in [3.8, 4) is 0 Å². The zero-order chi connectivity index (χ0) is 14.8. The number of rotatable bonds is 2. The Bertz CT molecular complexity index is 550. The van der Waals surface area contributed by atoms with Gasteiger partial charge in [0.1, 0.15) is 0 Å². The molecular formula is C16H21N3O2. The van der Waals surface area contributed by atoms with Crippen LogP contribution in [0.15, 0.2) is 24.3 Å². The maximum atomic E-state index is 12.8. The largest absolute Gasteiger partial charge is 0.342 e. The van der Waals surface area contributed by atoms with E-state index in [1.54, 1.807) is 0 Å². The van der Waals surface area contributed by atoms with Crippen molar-refractivity contribution in [1.82, 2.24) is 4.90 Å². The molecule has 1 unspecified atom stereocenters. The topological polar surface area (TPSA) is 75.4 Å². The minimum absolute atomic E-state index is 0.0766. The quantitative estimate of drug-likeness (QED) is 0.861. The number of likely N-dealkylation sites (tertiary alicyclic amines) is 1. The van der Waals surface area contributed by atoms with Gasteiger partial charge in [-0.05, 0) is 36.9 Å². The molecule has 3 N–H and O–H groups in total. The third-order valence-electron chi connectivity index (χ3n) is 4.56. The average Bonchev–Trinajstić information content (AvgIpc) is 2.53. The third kappa shape index (κ3) is 2.78. The van der Waals surface area contributed by atoms with Crippen molar-refractivity contribution in [1.29, 1.82) is 0 Å². The fraction of sp³-hybridized carbons (Fsp3) is 0.500. The number of amides is 2. The number of carbonyl (C=O) groups excluding carboxylic acids is 2. The monoisotopic (exact) mass is 287 g/mol. The minimum atomic E-state index is -0.343. The maximum absolute atomic E-state index is 12.8. The van der Waals surface area contributed by atoms with Crippen molar-refractivity contribution in [2.24, 2.45) is 11.7 Å². The number of carbonyl (C=O) groups is 2. The summed E-state index contributed by atoms with van der Waals surface area (Å²) in [5.74, 6) is 0.178. The number of piperidine rings is 1. The molecule has 0 aliphatic carbocycles. The van der Waals surface area contributed by atoms with E-state index in [4.69, 9.17) is 5.73 Å². The molecule has 2 aliphatic heterocycles. The molecule has 1 saturated heterocycles. The first-order chi connectivity index (χ1) is 10.2. The molecule has 1 fully saturated rings. The first kappa shape index (κ1) is 14.1. The summed E-state index contributed by atoms with van der Waals surface area (Å²) in [5, 5.41) is 2.84. The van der Waals surface area contributed by atoms with Crippen LogP contribution in [0.3, 0.4) is 0 Å². The summed E-state index contributed by atoms with van der Waals surface area (Å²) < 4.78 is 0. The van der Waals surface area contributed by atoms with E-state index in [-0.39, 0.29) is 24.2 Å². The maximum Gasteiger partial charge on any atom is 0.230 e. The van der Waals surface area contributed by atoms with E-state index in [9.17, 15) is 9.59 Å². The molecule has 0 saturated carbocycles. The molecule has 2 heterocycles. The van der Waals surface area contributed by atoms with Crippen molar-refractivity contribution >= 4 is 17.5 Å². The number of hydrogen-bond donors (Lipinski definition) is 2. The predicted octanol–water partition coefficient (Wildman–Crippen LogP) is 1.31. The van der Waals surface area contributed by atoms with E-state index >= 15 is 0 Å². The summed E-state index contributed by atoms with van der Waals surface area (Å²) in [6.45, 7) is 2.19. The van der Waals surface area contributed by atoms with Gasteiger partial charge < -0.3 is 16.0 Å². The number of benzene rings is 1. The van der Waals surface area contributed by atoms with Gasteiger partial charge in [0, 0.05) is 25.2 Å². The molecule has 2 aliphatic rings. The molecule has 0 radical (unpaired) electrons. The Balaban J connectivity index is 1.77. The van der Waals surface area contributed by atoms with Crippen LogP contribution in [0.5, 0.6) is 0 Å². The first-order valence-electron chi connectivity index (χ1n) is 7.56. The SMILES string of the molecule is NCC1CCN(C(=O)C2CC(=O)Nc3ccccc32)CC1. The Kier molecular flexibility index (Phi) is 3.92. The summed E-state index contributed by atoms with van der Waals surface area (Å²) in [7, 11) is 0. The van der Waals surface area contributed by atoms with Crippen LogP contribution in [0.25, 0.3) is 0 Å². The van der Waals surface area contributed by atoms with E-state index in [0.29, 0.717) is 12.5 Å². The molecule has 21 heavy (non-hydrogen) atoms. The van der Waals surface area contributed by atoms with Crippen LogP contribution in [-0.4, -0.2) is 36.3 Å². The van der Waals surface area contributed by atoms with Crippen molar-refractivity contribution in [2.75, 3.05) is 25.0 Å². The zero-order valence-corrected chi connectivity index (χ0v) is 12.0. The second-order valence-corrected chi connectivity index (χ2v) is 5.90. The fourth-order valence-corrected chi connectivity index (χ4v) is 3.24. The molecule has 1 aromatic rings. The second-order valence-electron chi connectivity index (χ2n) is 5.90. The summed E-state index contributed by atoms with van der Waals surface area (Å²) >= 11 is 0. The van der Waals surface area contributed by atoms with Gasteiger partial charge in [0.2, 0.25) is 11.8 Å². The lowest BCUT2D eigenvalue weighted by Gasteiger charge is -2.35. The molecule has 112 valence electrons. The molecule has 2 amide bonds. The van der Waals surface area contributed by atoms with Crippen molar-refractivity contribution < 1.29 is 9.59 Å². The lowest BCUT2D eigenvalue weighted by Crippen LogP contribution is -2.43. The lowest BCUT2D eigenvalue weighted by molar-refractivity contribution is -0.136. The van der Waals surface area contributed by atoms with Gasteiger partial charge in [-0.15, -0.1) is 0 Å². The highest BCUT2D eigenvalue weighted by Crippen LogP contribution is 2.34. The van der Waals surface area contributed by atoms with Crippen molar-refractivity contribution in [2.45, 2.75) is 25.2 Å². The normalized spacial score (nSPS) is 22.6. The smallest absolute Gasteiger partial charge is 0.230 e. The number of nitrogens with zero attached hydrogens (tertiary/aromatic N) is 1. The molecule has 5 nitrogen and oxygen atoms in total. The van der Waals surface area contributed by atoms with Crippen LogP contribution in [-0.2, 0) is 9.59 Å². The number of para-hydroxylation sites is 1. The number of anilines is 1. The van der Waals surface area contributed by atoms with E-state index in [2.05, 4.69) is 5.32 Å². The summed E-state index contributed by atoms with van der Waals surface area (Å²) in [4.78, 5) is 26.5. The van der Waals surface area contributed by atoms with E-state index < -0.39 is 0 Å². The number of nitrogens with two attached hydrogens (primary N) is 1. The Hall–Kier alpha value is -1.88. The Labute approximate surface area is 124 Å². The molecular weight excluding hydrogens is 266 g/mol. The number of hydrogen-bond acceptors (Lipinski definition) is 3. The molecule has 0 bridgehead atoms. The average molecular weight is 287 g/mol. The molecule has 0 aromatic heterocycles. The highest BCUT2D eigenvalue weighted by molar-refractivity contribution is 6.01. The van der Waals surface area contributed by atoms with Gasteiger partial charge in [-0.1, -0.05) is 18.2 Å². The van der Waals surface area contributed by atoms with E-state index in [1.165, 1.54) is 0 Å². The second kappa shape index (κ2) is 5.85. The highest BCUT2D eigenvalue weighted by atomic mass is 16.2. The molecule has 3 rings (SSSR count). The van der Waals surface area contributed by atoms with Gasteiger partial charge in [-0.2, -0.15) is 0 Å². The standard InChI is InChI=1S/C16H21N3O2/c17-10-11-5-7-19(8-6-11)16(21)13-9-15(20)18-14-4-2-1-3-12(13)14/h1-4,11,13H,5-10,17H2,(H,18,20). The highest BCUT2D eigenvalue weighted by Gasteiger charge is 2.34. The van der Waals surface area contributed by atoms with Gasteiger partial charge in [-0.25, -0.2) is 0 Å². The summed E-state index contributed by atoms with van der Waals surface area (Å²) in [6.07, 6.45) is 2.16. The van der Waals surface area contributed by atoms with Crippen molar-refractivity contribution in [3.05, 3.63) is 29.8 Å². The van der Waals surface area contributed by atoms with Gasteiger partial charge in [0.05, 0.1) is 5.92 Å². The zero-order valence-electron chi connectivity index (χ0n) is 12.0.